The number of hydrogen-bond acceptors (Lipinski definition) is 6. The van der Waals surface area contributed by atoms with E-state index in [1.54, 1.807) is 12.3 Å². The number of anilines is 2. The highest BCUT2D eigenvalue weighted by atomic mass is 19.1. The van der Waals surface area contributed by atoms with E-state index >= 15 is 0 Å². The average Bonchev–Trinajstić information content (AvgIpc) is 2.76. The van der Waals surface area contributed by atoms with Gasteiger partial charge in [-0.1, -0.05) is 0 Å². The number of nitrogens with one attached hydrogen (secondary N) is 2. The van der Waals surface area contributed by atoms with Crippen LogP contribution in [0.5, 0.6) is 0 Å². The second-order valence-corrected chi connectivity index (χ2v) is 7.39. The van der Waals surface area contributed by atoms with Crippen molar-refractivity contribution in [3.8, 4) is 0 Å². The third-order valence-corrected chi connectivity index (χ3v) is 5.02. The number of hydrogen-bond donors (Lipinski definition) is 3. The molecule has 0 aliphatic carbocycles. The predicted molar refractivity (Wildman–Crippen MR) is 124 cm³/mol. The largest absolute Gasteiger partial charge is 0.397 e. The van der Waals surface area contributed by atoms with Crippen LogP contribution in [0.1, 0.15) is 5.56 Å². The van der Waals surface area contributed by atoms with Gasteiger partial charge in [-0.15, -0.1) is 0 Å². The first kappa shape index (κ1) is 22.0. The van der Waals surface area contributed by atoms with E-state index in [1.165, 1.54) is 18.2 Å². The standard InChI is InChI=1S/C23H26FN5O2/c1-28(11-12-30)9-10-29(2)19-6-4-18(5-7-19)26-15-21(25)20-14-16-13-17(24)3-8-22(16)27-23(20)31/h3-8,12-15,26H,9-11,25H2,1-2H3,(H,27,31)/b21-15-. The number of aldehydes is 1. The van der Waals surface area contributed by atoms with E-state index in [4.69, 9.17) is 5.73 Å². The van der Waals surface area contributed by atoms with Crippen molar-refractivity contribution in [1.82, 2.24) is 9.88 Å². The van der Waals surface area contributed by atoms with Gasteiger partial charge in [0.2, 0.25) is 0 Å². The Kier molecular flexibility index (Phi) is 7.04. The molecule has 3 aromatic rings. The van der Waals surface area contributed by atoms with Crippen molar-refractivity contribution in [3.63, 3.8) is 0 Å². The summed E-state index contributed by atoms with van der Waals surface area (Å²) in [6.45, 7) is 1.98. The van der Waals surface area contributed by atoms with E-state index in [0.717, 1.165) is 30.8 Å². The van der Waals surface area contributed by atoms with E-state index in [9.17, 15) is 14.0 Å². The molecule has 4 N–H and O–H groups in total. The van der Waals surface area contributed by atoms with E-state index in [0.29, 0.717) is 17.4 Å². The number of likely N-dealkylation sites (N-methyl/N-ethyl adjacent to an activating group) is 2. The summed E-state index contributed by atoms with van der Waals surface area (Å²) in [5, 5.41) is 3.65. The third-order valence-electron chi connectivity index (χ3n) is 5.02. The number of benzene rings is 2. The molecule has 2 aromatic carbocycles. The van der Waals surface area contributed by atoms with Gasteiger partial charge in [-0.2, -0.15) is 0 Å². The summed E-state index contributed by atoms with van der Waals surface area (Å²) < 4.78 is 13.5. The molecule has 31 heavy (non-hydrogen) atoms. The number of carbonyl (C=O) groups excluding carboxylic acids is 1. The number of rotatable bonds is 9. The molecule has 0 spiro atoms. The minimum absolute atomic E-state index is 0.242. The molecule has 0 unspecified atom stereocenters. The van der Waals surface area contributed by atoms with Gasteiger partial charge in [0, 0.05) is 48.6 Å². The van der Waals surface area contributed by atoms with Crippen LogP contribution < -0.4 is 21.5 Å². The highest BCUT2D eigenvalue weighted by molar-refractivity contribution is 5.82. The molecule has 0 atom stereocenters. The molecule has 7 nitrogen and oxygen atoms in total. The number of carbonyl (C=O) groups is 1. The monoisotopic (exact) mass is 423 g/mol. The van der Waals surface area contributed by atoms with Crippen LogP contribution in [0.15, 0.2) is 59.5 Å². The number of pyridine rings is 1. The van der Waals surface area contributed by atoms with Crippen molar-refractivity contribution in [3.05, 3.63) is 76.5 Å². The van der Waals surface area contributed by atoms with Gasteiger partial charge in [-0.05, 0) is 55.6 Å². The quantitative estimate of drug-likeness (QED) is 0.458. The zero-order valence-electron chi connectivity index (χ0n) is 17.6. The molecule has 1 aromatic heterocycles. The van der Waals surface area contributed by atoms with Gasteiger partial charge in [-0.3, -0.25) is 9.69 Å². The summed E-state index contributed by atoms with van der Waals surface area (Å²) in [7, 11) is 3.90. The fourth-order valence-corrected chi connectivity index (χ4v) is 3.11. The average molecular weight is 423 g/mol. The third kappa shape index (κ3) is 5.70. The molecular weight excluding hydrogens is 397 g/mol. The van der Waals surface area contributed by atoms with Gasteiger partial charge >= 0.3 is 0 Å². The molecule has 0 aliphatic heterocycles. The molecule has 0 fully saturated rings. The fourth-order valence-electron chi connectivity index (χ4n) is 3.11. The number of nitrogens with zero attached hydrogens (tertiary/aromatic N) is 2. The van der Waals surface area contributed by atoms with Crippen LogP contribution in [0.25, 0.3) is 16.6 Å². The van der Waals surface area contributed by atoms with Crippen molar-refractivity contribution < 1.29 is 9.18 Å². The molecule has 0 radical (unpaired) electrons. The molecular formula is C23H26FN5O2. The van der Waals surface area contributed by atoms with Crippen LogP contribution >= 0.6 is 0 Å². The summed E-state index contributed by atoms with van der Waals surface area (Å²) in [5.74, 6) is -0.383. The summed E-state index contributed by atoms with van der Waals surface area (Å²) >= 11 is 0. The Bertz CT molecular complexity index is 1140. The molecule has 8 heteroatoms. The number of nitrogens with two attached hydrogens (primary N) is 1. The number of aromatic nitrogens is 1. The summed E-state index contributed by atoms with van der Waals surface area (Å²) in [6.07, 6.45) is 2.44. The van der Waals surface area contributed by atoms with Crippen molar-refractivity contribution in [2.24, 2.45) is 5.73 Å². The van der Waals surface area contributed by atoms with Gasteiger partial charge in [0.1, 0.15) is 12.1 Å². The van der Waals surface area contributed by atoms with Crippen LogP contribution in [0.3, 0.4) is 0 Å². The SMILES string of the molecule is CN(CC=O)CCN(C)c1ccc(N/C=C(\N)c2cc3cc(F)ccc3[nH]c2=O)cc1. The van der Waals surface area contributed by atoms with Gasteiger partial charge in [0.25, 0.3) is 5.56 Å². The maximum atomic E-state index is 13.5. The minimum atomic E-state index is -0.383. The second kappa shape index (κ2) is 9.90. The van der Waals surface area contributed by atoms with E-state index in [-0.39, 0.29) is 22.6 Å². The Morgan fingerprint density at radius 3 is 2.58 bits per heavy atom. The van der Waals surface area contributed by atoms with E-state index in [2.05, 4.69) is 15.2 Å². The first-order valence-electron chi connectivity index (χ1n) is 9.86. The lowest BCUT2D eigenvalue weighted by atomic mass is 10.1. The Morgan fingerprint density at radius 1 is 1.13 bits per heavy atom. The van der Waals surface area contributed by atoms with Crippen LogP contribution in [-0.4, -0.2) is 49.9 Å². The lowest BCUT2D eigenvalue weighted by Gasteiger charge is -2.22. The number of H-pyrrole nitrogens is 1. The minimum Gasteiger partial charge on any atom is -0.397 e. The van der Waals surface area contributed by atoms with E-state index in [1.807, 2.05) is 43.3 Å². The van der Waals surface area contributed by atoms with Crippen LogP contribution in [0, 0.1) is 5.82 Å². The predicted octanol–water partition coefficient (Wildman–Crippen LogP) is 2.60. The molecule has 0 aliphatic rings. The topological polar surface area (TPSA) is 94.5 Å². The summed E-state index contributed by atoms with van der Waals surface area (Å²) in [4.78, 5) is 29.6. The highest BCUT2D eigenvalue weighted by Gasteiger charge is 2.07. The van der Waals surface area contributed by atoms with Crippen LogP contribution in [0.4, 0.5) is 15.8 Å². The molecule has 0 saturated heterocycles. The molecule has 1 heterocycles. The zero-order chi connectivity index (χ0) is 22.4. The normalized spacial score (nSPS) is 11.7. The van der Waals surface area contributed by atoms with Gasteiger partial charge in [-0.25, -0.2) is 4.39 Å². The number of fused-ring (bicyclic) bond motifs is 1. The van der Waals surface area contributed by atoms with Gasteiger partial charge in [0.05, 0.1) is 17.8 Å². The van der Waals surface area contributed by atoms with Crippen molar-refractivity contribution >= 4 is 34.3 Å². The van der Waals surface area contributed by atoms with Crippen molar-refractivity contribution in [2.75, 3.05) is 43.9 Å². The second-order valence-electron chi connectivity index (χ2n) is 7.39. The Hall–Kier alpha value is -3.65. The lowest BCUT2D eigenvalue weighted by molar-refractivity contribution is -0.108. The van der Waals surface area contributed by atoms with E-state index < -0.39 is 0 Å². The molecule has 0 amide bonds. The first-order valence-corrected chi connectivity index (χ1v) is 9.86. The molecule has 0 saturated carbocycles. The molecule has 3 rings (SSSR count). The number of halogens is 1. The maximum absolute atomic E-state index is 13.5. The highest BCUT2D eigenvalue weighted by Crippen LogP contribution is 2.18. The van der Waals surface area contributed by atoms with Crippen molar-refractivity contribution in [1.29, 1.82) is 0 Å². The summed E-state index contributed by atoms with van der Waals surface area (Å²) in [6, 6.07) is 13.5. The Balaban J connectivity index is 1.67. The summed E-state index contributed by atoms with van der Waals surface area (Å²) in [5.41, 5.74) is 8.65. The molecule has 0 bridgehead atoms. The van der Waals surface area contributed by atoms with Crippen LogP contribution in [-0.2, 0) is 4.79 Å². The molecule has 162 valence electrons. The first-order chi connectivity index (χ1) is 14.9. The van der Waals surface area contributed by atoms with Gasteiger partial charge < -0.3 is 25.7 Å². The smallest absolute Gasteiger partial charge is 0.257 e. The maximum Gasteiger partial charge on any atom is 0.257 e. The van der Waals surface area contributed by atoms with Crippen molar-refractivity contribution in [2.45, 2.75) is 0 Å². The van der Waals surface area contributed by atoms with Gasteiger partial charge in [0.15, 0.2) is 0 Å². The van der Waals surface area contributed by atoms with Crippen LogP contribution in [0.2, 0.25) is 0 Å². The Morgan fingerprint density at radius 2 is 1.87 bits per heavy atom. The number of aromatic amines is 1. The zero-order valence-corrected chi connectivity index (χ0v) is 17.6. The Labute approximate surface area is 180 Å². The fraction of sp³-hybridized carbons (Fsp3) is 0.217. The lowest BCUT2D eigenvalue weighted by Crippen LogP contribution is -2.31.